The second kappa shape index (κ2) is 6.42. The third kappa shape index (κ3) is 3.96. The van der Waals surface area contributed by atoms with Gasteiger partial charge in [-0.1, -0.05) is 45.7 Å². The first kappa shape index (κ1) is 14.4. The quantitative estimate of drug-likeness (QED) is 0.875. The van der Waals surface area contributed by atoms with E-state index in [1.807, 2.05) is 49.4 Å². The van der Waals surface area contributed by atoms with Crippen molar-refractivity contribution in [3.05, 3.63) is 63.1 Å². The molecule has 0 radical (unpaired) electrons. The maximum Gasteiger partial charge on any atom is 0.138 e. The van der Waals surface area contributed by atoms with Crippen LogP contribution in [0.4, 0.5) is 0 Å². The van der Waals surface area contributed by atoms with Crippen LogP contribution in [-0.2, 0) is 6.61 Å². The van der Waals surface area contributed by atoms with E-state index < -0.39 is 0 Å². The van der Waals surface area contributed by atoms with Crippen LogP contribution in [0.25, 0.3) is 0 Å². The summed E-state index contributed by atoms with van der Waals surface area (Å²) in [6, 6.07) is 13.6. The summed E-state index contributed by atoms with van der Waals surface area (Å²) >= 11 is 9.61. The smallest absolute Gasteiger partial charge is 0.138 e. The van der Waals surface area contributed by atoms with E-state index in [9.17, 15) is 0 Å². The van der Waals surface area contributed by atoms with E-state index in [0.29, 0.717) is 17.4 Å². The van der Waals surface area contributed by atoms with Crippen LogP contribution in [0.1, 0.15) is 24.1 Å². The first-order valence-corrected chi connectivity index (χ1v) is 7.15. The van der Waals surface area contributed by atoms with Crippen molar-refractivity contribution in [2.45, 2.75) is 19.6 Å². The zero-order valence-electron chi connectivity index (χ0n) is 10.6. The summed E-state index contributed by atoms with van der Waals surface area (Å²) in [5, 5.41) is 0.588. The lowest BCUT2D eigenvalue weighted by molar-refractivity contribution is 0.306. The Morgan fingerprint density at radius 3 is 2.68 bits per heavy atom. The molecule has 0 saturated heterocycles. The molecule has 2 aromatic carbocycles. The van der Waals surface area contributed by atoms with Crippen LogP contribution >= 0.6 is 27.5 Å². The molecule has 4 heteroatoms. The Labute approximate surface area is 126 Å². The number of hydrogen-bond acceptors (Lipinski definition) is 2. The molecular weight excluding hydrogens is 326 g/mol. The van der Waals surface area contributed by atoms with Crippen LogP contribution in [0.5, 0.6) is 5.75 Å². The van der Waals surface area contributed by atoms with E-state index >= 15 is 0 Å². The summed E-state index contributed by atoms with van der Waals surface area (Å²) in [6.45, 7) is 2.41. The van der Waals surface area contributed by atoms with E-state index in [1.54, 1.807) is 0 Å². The second-order valence-corrected chi connectivity index (χ2v) is 5.72. The van der Waals surface area contributed by atoms with Crippen molar-refractivity contribution in [3.63, 3.8) is 0 Å². The molecule has 0 aliphatic carbocycles. The Balaban J connectivity index is 2.07. The highest BCUT2D eigenvalue weighted by atomic mass is 79.9. The molecule has 0 aliphatic rings. The van der Waals surface area contributed by atoms with Gasteiger partial charge in [0.15, 0.2) is 0 Å². The third-order valence-electron chi connectivity index (χ3n) is 2.77. The maximum atomic E-state index is 6.18. The number of benzene rings is 2. The predicted octanol–water partition coefficient (Wildman–Crippen LogP) is 4.70. The molecule has 0 unspecified atom stereocenters. The van der Waals surface area contributed by atoms with Gasteiger partial charge in [0, 0.05) is 10.5 Å². The molecule has 2 N–H and O–H groups in total. The fourth-order valence-corrected chi connectivity index (χ4v) is 2.40. The van der Waals surface area contributed by atoms with E-state index in [4.69, 9.17) is 22.1 Å². The Morgan fingerprint density at radius 1 is 1.26 bits per heavy atom. The van der Waals surface area contributed by atoms with Gasteiger partial charge in [0.05, 0.1) is 5.02 Å². The van der Waals surface area contributed by atoms with Crippen molar-refractivity contribution in [2.24, 2.45) is 5.73 Å². The molecular formula is C15H15BrClNO. The van der Waals surface area contributed by atoms with E-state index in [-0.39, 0.29) is 6.04 Å². The van der Waals surface area contributed by atoms with Gasteiger partial charge in [-0.25, -0.2) is 0 Å². The zero-order valence-corrected chi connectivity index (χ0v) is 12.9. The lowest BCUT2D eigenvalue weighted by atomic mass is 10.1. The first-order valence-electron chi connectivity index (χ1n) is 5.98. The van der Waals surface area contributed by atoms with Crippen molar-refractivity contribution in [2.75, 3.05) is 0 Å². The minimum absolute atomic E-state index is 0.0309. The number of ether oxygens (including phenoxy) is 1. The minimum atomic E-state index is -0.0309. The van der Waals surface area contributed by atoms with Gasteiger partial charge in [-0.15, -0.1) is 0 Å². The van der Waals surface area contributed by atoms with Crippen LogP contribution in [0, 0.1) is 0 Å². The van der Waals surface area contributed by atoms with E-state index in [2.05, 4.69) is 15.9 Å². The first-order chi connectivity index (χ1) is 9.06. The van der Waals surface area contributed by atoms with Crippen LogP contribution in [-0.4, -0.2) is 0 Å². The average molecular weight is 341 g/mol. The zero-order chi connectivity index (χ0) is 13.8. The summed E-state index contributed by atoms with van der Waals surface area (Å²) in [6.07, 6.45) is 0. The summed E-state index contributed by atoms with van der Waals surface area (Å²) in [5.74, 6) is 0.672. The van der Waals surface area contributed by atoms with Crippen molar-refractivity contribution in [3.8, 4) is 5.75 Å². The molecule has 2 nitrogen and oxygen atoms in total. The Morgan fingerprint density at radius 2 is 2.05 bits per heavy atom. The molecule has 2 aromatic rings. The Kier molecular flexibility index (Phi) is 4.86. The van der Waals surface area contributed by atoms with Gasteiger partial charge in [-0.2, -0.15) is 0 Å². The standard InChI is InChI=1S/C15H15BrClNO/c1-10(18)12-5-6-15(14(17)8-12)19-9-11-3-2-4-13(16)7-11/h2-8,10H,9,18H2,1H3/t10-/m1/s1. The van der Waals surface area contributed by atoms with Gasteiger partial charge >= 0.3 is 0 Å². The van der Waals surface area contributed by atoms with E-state index in [1.165, 1.54) is 0 Å². The molecule has 19 heavy (non-hydrogen) atoms. The van der Waals surface area contributed by atoms with Gasteiger partial charge in [0.25, 0.3) is 0 Å². The average Bonchev–Trinajstić information content (AvgIpc) is 2.37. The molecule has 0 fully saturated rings. The van der Waals surface area contributed by atoms with Gasteiger partial charge in [0.1, 0.15) is 12.4 Å². The van der Waals surface area contributed by atoms with Crippen LogP contribution in [0.15, 0.2) is 46.9 Å². The lowest BCUT2D eigenvalue weighted by Crippen LogP contribution is -2.05. The van der Waals surface area contributed by atoms with E-state index in [0.717, 1.165) is 15.6 Å². The number of rotatable bonds is 4. The van der Waals surface area contributed by atoms with Gasteiger partial charge in [-0.05, 0) is 42.3 Å². The Hall–Kier alpha value is -1.03. The SMILES string of the molecule is C[C@@H](N)c1ccc(OCc2cccc(Br)c2)c(Cl)c1. The summed E-state index contributed by atoms with van der Waals surface area (Å²) in [7, 11) is 0. The highest BCUT2D eigenvalue weighted by Crippen LogP contribution is 2.28. The predicted molar refractivity (Wildman–Crippen MR) is 82.5 cm³/mol. The van der Waals surface area contributed by atoms with Crippen LogP contribution in [0.2, 0.25) is 5.02 Å². The van der Waals surface area contributed by atoms with Crippen LogP contribution in [0.3, 0.4) is 0 Å². The summed E-state index contributed by atoms with van der Waals surface area (Å²) in [4.78, 5) is 0. The summed E-state index contributed by atoms with van der Waals surface area (Å²) in [5.41, 5.74) is 7.89. The molecule has 0 spiro atoms. The van der Waals surface area contributed by atoms with Crippen molar-refractivity contribution >= 4 is 27.5 Å². The highest BCUT2D eigenvalue weighted by Gasteiger charge is 2.06. The molecule has 100 valence electrons. The molecule has 0 heterocycles. The molecule has 0 aliphatic heterocycles. The largest absolute Gasteiger partial charge is 0.487 e. The topological polar surface area (TPSA) is 35.2 Å². The summed E-state index contributed by atoms with van der Waals surface area (Å²) < 4.78 is 6.75. The van der Waals surface area contributed by atoms with Gasteiger partial charge in [-0.3, -0.25) is 0 Å². The highest BCUT2D eigenvalue weighted by molar-refractivity contribution is 9.10. The number of hydrogen-bond donors (Lipinski definition) is 1. The van der Waals surface area contributed by atoms with Crippen LogP contribution < -0.4 is 10.5 Å². The fourth-order valence-electron chi connectivity index (χ4n) is 1.71. The monoisotopic (exact) mass is 339 g/mol. The maximum absolute atomic E-state index is 6.18. The van der Waals surface area contributed by atoms with Crippen molar-refractivity contribution in [1.29, 1.82) is 0 Å². The lowest BCUT2D eigenvalue weighted by Gasteiger charge is -2.11. The van der Waals surface area contributed by atoms with Crippen molar-refractivity contribution in [1.82, 2.24) is 0 Å². The number of halogens is 2. The van der Waals surface area contributed by atoms with Gasteiger partial charge in [0.2, 0.25) is 0 Å². The number of nitrogens with two attached hydrogens (primary N) is 1. The van der Waals surface area contributed by atoms with Crippen molar-refractivity contribution < 1.29 is 4.74 Å². The minimum Gasteiger partial charge on any atom is -0.487 e. The molecule has 1 atom stereocenters. The normalized spacial score (nSPS) is 12.2. The molecule has 0 amide bonds. The molecule has 2 rings (SSSR count). The molecule has 0 aromatic heterocycles. The molecule has 0 saturated carbocycles. The fraction of sp³-hybridized carbons (Fsp3) is 0.200. The third-order valence-corrected chi connectivity index (χ3v) is 3.55. The van der Waals surface area contributed by atoms with Gasteiger partial charge < -0.3 is 10.5 Å². The Bertz CT molecular complexity index is 572. The molecule has 0 bridgehead atoms. The second-order valence-electron chi connectivity index (χ2n) is 4.40.